The summed E-state index contributed by atoms with van der Waals surface area (Å²) in [5.41, 5.74) is 1.81. The van der Waals surface area contributed by atoms with E-state index in [1.54, 1.807) is 0 Å². The van der Waals surface area contributed by atoms with Gasteiger partial charge in [-0.3, -0.25) is 0 Å². The third-order valence-electron chi connectivity index (χ3n) is 3.86. The second-order valence-corrected chi connectivity index (χ2v) is 7.82. The summed E-state index contributed by atoms with van der Waals surface area (Å²) in [6, 6.07) is 4.36. The Balaban J connectivity index is 1.97. The van der Waals surface area contributed by atoms with Gasteiger partial charge in [-0.1, -0.05) is 19.9 Å². The quantitative estimate of drug-likeness (QED) is 0.913. The number of piperidine rings is 1. The molecule has 0 radical (unpaired) electrons. The first-order valence-electron chi connectivity index (χ1n) is 7.70. The summed E-state index contributed by atoms with van der Waals surface area (Å²) >= 11 is 0. The van der Waals surface area contributed by atoms with Crippen molar-refractivity contribution in [3.8, 4) is 0 Å². The van der Waals surface area contributed by atoms with Crippen molar-refractivity contribution < 1.29 is 0 Å². The molecule has 0 spiro atoms. The standard InChI is InChI=1S/C17H29N3/c1-16(2,3)19-12-14-7-8-15(18-11-14)20-10-6-9-17(4,5)13-20/h7-8,11,19H,6,9-10,12-13H2,1-5H3. The van der Waals surface area contributed by atoms with Crippen LogP contribution in [0.2, 0.25) is 0 Å². The molecule has 0 aromatic carbocycles. The van der Waals surface area contributed by atoms with E-state index in [1.165, 1.54) is 18.4 Å². The molecule has 20 heavy (non-hydrogen) atoms. The van der Waals surface area contributed by atoms with Crippen LogP contribution in [0.4, 0.5) is 5.82 Å². The van der Waals surface area contributed by atoms with Gasteiger partial charge in [-0.2, -0.15) is 0 Å². The van der Waals surface area contributed by atoms with Crippen LogP contribution in [0.15, 0.2) is 18.3 Å². The van der Waals surface area contributed by atoms with Gasteiger partial charge in [0.2, 0.25) is 0 Å². The van der Waals surface area contributed by atoms with E-state index >= 15 is 0 Å². The molecule has 1 N–H and O–H groups in total. The van der Waals surface area contributed by atoms with Gasteiger partial charge in [-0.25, -0.2) is 4.98 Å². The summed E-state index contributed by atoms with van der Waals surface area (Å²) in [7, 11) is 0. The molecule has 1 fully saturated rings. The number of aromatic nitrogens is 1. The summed E-state index contributed by atoms with van der Waals surface area (Å²) in [4.78, 5) is 7.08. The highest BCUT2D eigenvalue weighted by molar-refractivity contribution is 5.40. The first-order chi connectivity index (χ1) is 9.25. The Kier molecular flexibility index (Phi) is 4.38. The van der Waals surface area contributed by atoms with Crippen LogP contribution in [-0.2, 0) is 6.54 Å². The van der Waals surface area contributed by atoms with Crippen LogP contribution in [0.5, 0.6) is 0 Å². The van der Waals surface area contributed by atoms with Crippen molar-refractivity contribution in [2.24, 2.45) is 5.41 Å². The van der Waals surface area contributed by atoms with Crippen LogP contribution >= 0.6 is 0 Å². The van der Waals surface area contributed by atoms with E-state index in [1.807, 2.05) is 6.20 Å². The zero-order chi connectivity index (χ0) is 14.8. The van der Waals surface area contributed by atoms with Crippen molar-refractivity contribution in [1.82, 2.24) is 10.3 Å². The zero-order valence-corrected chi connectivity index (χ0v) is 13.7. The minimum atomic E-state index is 0.148. The van der Waals surface area contributed by atoms with Gasteiger partial charge in [0.25, 0.3) is 0 Å². The minimum Gasteiger partial charge on any atom is -0.356 e. The Morgan fingerprint density at radius 3 is 2.60 bits per heavy atom. The first-order valence-corrected chi connectivity index (χ1v) is 7.70. The van der Waals surface area contributed by atoms with Gasteiger partial charge in [0.1, 0.15) is 5.82 Å². The number of anilines is 1. The fraction of sp³-hybridized carbons (Fsp3) is 0.706. The van der Waals surface area contributed by atoms with Gasteiger partial charge in [0.05, 0.1) is 0 Å². The molecule has 1 aliphatic heterocycles. The minimum absolute atomic E-state index is 0.148. The molecule has 0 amide bonds. The highest BCUT2D eigenvalue weighted by atomic mass is 15.2. The Hall–Kier alpha value is -1.09. The molecular formula is C17H29N3. The van der Waals surface area contributed by atoms with Gasteiger partial charge in [-0.15, -0.1) is 0 Å². The maximum Gasteiger partial charge on any atom is 0.128 e. The molecule has 1 aromatic heterocycles. The first kappa shape index (κ1) is 15.3. The van der Waals surface area contributed by atoms with Gasteiger partial charge in [-0.05, 0) is 50.7 Å². The molecule has 112 valence electrons. The number of hydrogen-bond donors (Lipinski definition) is 1. The average Bonchev–Trinajstić information content (AvgIpc) is 2.35. The lowest BCUT2D eigenvalue weighted by Gasteiger charge is -2.38. The molecule has 3 nitrogen and oxygen atoms in total. The molecule has 0 atom stereocenters. The molecule has 1 aromatic rings. The summed E-state index contributed by atoms with van der Waals surface area (Å²) < 4.78 is 0. The fourth-order valence-electron chi connectivity index (χ4n) is 2.69. The van der Waals surface area contributed by atoms with Crippen molar-refractivity contribution in [2.75, 3.05) is 18.0 Å². The van der Waals surface area contributed by atoms with Crippen molar-refractivity contribution >= 4 is 5.82 Å². The predicted octanol–water partition coefficient (Wildman–Crippen LogP) is 3.60. The molecule has 1 aliphatic rings. The lowest BCUT2D eigenvalue weighted by atomic mass is 9.84. The summed E-state index contributed by atoms with van der Waals surface area (Å²) in [6.45, 7) is 14.4. The zero-order valence-electron chi connectivity index (χ0n) is 13.7. The van der Waals surface area contributed by atoms with Gasteiger partial charge >= 0.3 is 0 Å². The monoisotopic (exact) mass is 275 g/mol. The van der Waals surface area contributed by atoms with E-state index < -0.39 is 0 Å². The van der Waals surface area contributed by atoms with E-state index in [2.05, 4.69) is 62.0 Å². The van der Waals surface area contributed by atoms with E-state index in [4.69, 9.17) is 0 Å². The lowest BCUT2D eigenvalue weighted by molar-refractivity contribution is 0.292. The number of pyridine rings is 1. The molecule has 0 aliphatic carbocycles. The molecule has 2 rings (SSSR count). The van der Waals surface area contributed by atoms with E-state index in [-0.39, 0.29) is 5.54 Å². The van der Waals surface area contributed by atoms with Crippen molar-refractivity contribution in [2.45, 2.75) is 59.5 Å². The van der Waals surface area contributed by atoms with Gasteiger partial charge < -0.3 is 10.2 Å². The molecule has 1 saturated heterocycles. The Bertz CT molecular complexity index is 429. The molecule has 0 unspecified atom stereocenters. The molecular weight excluding hydrogens is 246 g/mol. The normalized spacial score (nSPS) is 19.1. The number of nitrogens with zero attached hydrogens (tertiary/aromatic N) is 2. The van der Waals surface area contributed by atoms with Crippen LogP contribution in [0.1, 0.15) is 53.0 Å². The second-order valence-electron chi connectivity index (χ2n) is 7.82. The van der Waals surface area contributed by atoms with E-state index in [0.717, 1.165) is 25.5 Å². The van der Waals surface area contributed by atoms with E-state index in [9.17, 15) is 0 Å². The molecule has 0 bridgehead atoms. The SMILES string of the molecule is CC1(C)CCCN(c2ccc(CNC(C)(C)C)cn2)C1. The van der Waals surface area contributed by atoms with Crippen LogP contribution in [0.3, 0.4) is 0 Å². The van der Waals surface area contributed by atoms with E-state index in [0.29, 0.717) is 5.41 Å². The average molecular weight is 275 g/mol. The summed E-state index contributed by atoms with van der Waals surface area (Å²) in [5.74, 6) is 1.12. The smallest absolute Gasteiger partial charge is 0.128 e. The summed E-state index contributed by atoms with van der Waals surface area (Å²) in [5, 5.41) is 3.50. The van der Waals surface area contributed by atoms with Gasteiger partial charge in [0.15, 0.2) is 0 Å². The third-order valence-corrected chi connectivity index (χ3v) is 3.86. The highest BCUT2D eigenvalue weighted by Crippen LogP contribution is 2.30. The second kappa shape index (κ2) is 5.72. The topological polar surface area (TPSA) is 28.2 Å². The Morgan fingerprint density at radius 1 is 1.30 bits per heavy atom. The third kappa shape index (κ3) is 4.48. The summed E-state index contributed by atoms with van der Waals surface area (Å²) in [6.07, 6.45) is 4.59. The fourth-order valence-corrected chi connectivity index (χ4v) is 2.69. The molecule has 2 heterocycles. The number of hydrogen-bond acceptors (Lipinski definition) is 3. The Labute approximate surface area is 123 Å². The lowest BCUT2D eigenvalue weighted by Crippen LogP contribution is -2.40. The van der Waals surface area contributed by atoms with Crippen LogP contribution in [0.25, 0.3) is 0 Å². The van der Waals surface area contributed by atoms with Crippen LogP contribution < -0.4 is 10.2 Å². The van der Waals surface area contributed by atoms with Crippen molar-refractivity contribution in [3.05, 3.63) is 23.9 Å². The van der Waals surface area contributed by atoms with Gasteiger partial charge in [0, 0.05) is 31.4 Å². The Morgan fingerprint density at radius 2 is 2.05 bits per heavy atom. The van der Waals surface area contributed by atoms with Crippen molar-refractivity contribution in [1.29, 1.82) is 0 Å². The maximum absolute atomic E-state index is 4.65. The van der Waals surface area contributed by atoms with Crippen LogP contribution in [-0.4, -0.2) is 23.6 Å². The van der Waals surface area contributed by atoms with Crippen molar-refractivity contribution in [3.63, 3.8) is 0 Å². The number of rotatable bonds is 3. The maximum atomic E-state index is 4.65. The predicted molar refractivity (Wildman–Crippen MR) is 86.1 cm³/mol. The largest absolute Gasteiger partial charge is 0.356 e. The highest BCUT2D eigenvalue weighted by Gasteiger charge is 2.26. The number of nitrogens with one attached hydrogen (secondary N) is 1. The molecule has 3 heteroatoms. The molecule has 0 saturated carbocycles. The van der Waals surface area contributed by atoms with Crippen LogP contribution in [0, 0.1) is 5.41 Å².